The van der Waals surface area contributed by atoms with E-state index in [4.69, 9.17) is 46.4 Å². The highest BCUT2D eigenvalue weighted by atomic mass is 35.5. The van der Waals surface area contributed by atoms with Crippen LogP contribution in [0.2, 0.25) is 20.1 Å². The summed E-state index contributed by atoms with van der Waals surface area (Å²) in [6, 6.07) is 11.3. The zero-order valence-electron chi connectivity index (χ0n) is 10.8. The first-order valence-electron chi connectivity index (χ1n) is 6.08. The summed E-state index contributed by atoms with van der Waals surface area (Å²) in [5.41, 5.74) is 2.04. The first kappa shape index (κ1) is 15.9. The van der Waals surface area contributed by atoms with E-state index >= 15 is 0 Å². The van der Waals surface area contributed by atoms with Crippen LogP contribution >= 0.6 is 46.4 Å². The Labute approximate surface area is 138 Å². The van der Waals surface area contributed by atoms with E-state index < -0.39 is 0 Å². The highest BCUT2D eigenvalue weighted by Crippen LogP contribution is 2.31. The maximum absolute atomic E-state index is 6.23. The second kappa shape index (κ2) is 7.02. The lowest BCUT2D eigenvalue weighted by molar-refractivity contribution is 0.592. The topological polar surface area (TPSA) is 12.0 Å². The molecule has 1 atom stereocenters. The van der Waals surface area contributed by atoms with Crippen molar-refractivity contribution in [2.45, 2.75) is 12.5 Å². The molecule has 0 spiro atoms. The largest absolute Gasteiger partial charge is 0.313 e. The summed E-state index contributed by atoms with van der Waals surface area (Å²) in [7, 11) is 1.89. The van der Waals surface area contributed by atoms with E-state index in [1.807, 2.05) is 31.3 Å². The number of benzene rings is 2. The summed E-state index contributed by atoms with van der Waals surface area (Å²) >= 11 is 24.3. The molecule has 0 saturated heterocycles. The lowest BCUT2D eigenvalue weighted by Gasteiger charge is -2.18. The molecule has 1 nitrogen and oxygen atoms in total. The molecule has 0 aliphatic rings. The molecular weight excluding hydrogens is 336 g/mol. The fraction of sp³-hybridized carbons (Fsp3) is 0.200. The normalized spacial score (nSPS) is 12.4. The Morgan fingerprint density at radius 2 is 1.70 bits per heavy atom. The van der Waals surface area contributed by atoms with Gasteiger partial charge in [-0.15, -0.1) is 0 Å². The van der Waals surface area contributed by atoms with Crippen LogP contribution in [0.25, 0.3) is 0 Å². The van der Waals surface area contributed by atoms with E-state index in [0.717, 1.165) is 11.1 Å². The molecule has 2 rings (SSSR count). The summed E-state index contributed by atoms with van der Waals surface area (Å²) in [5.74, 6) is 0. The third-order valence-corrected chi connectivity index (χ3v) is 4.75. The van der Waals surface area contributed by atoms with Crippen LogP contribution in [-0.4, -0.2) is 7.05 Å². The quantitative estimate of drug-likeness (QED) is 0.735. The molecule has 0 saturated carbocycles. The molecule has 0 amide bonds. The molecule has 0 heterocycles. The van der Waals surface area contributed by atoms with Crippen LogP contribution in [-0.2, 0) is 6.42 Å². The van der Waals surface area contributed by atoms with E-state index in [2.05, 4.69) is 5.32 Å². The Morgan fingerprint density at radius 3 is 2.35 bits per heavy atom. The van der Waals surface area contributed by atoms with E-state index in [9.17, 15) is 0 Å². The number of hydrogen-bond acceptors (Lipinski definition) is 1. The maximum atomic E-state index is 6.23. The van der Waals surface area contributed by atoms with Crippen molar-refractivity contribution in [3.63, 3.8) is 0 Å². The predicted octanol–water partition coefficient (Wildman–Crippen LogP) is 5.80. The molecule has 1 unspecified atom stereocenters. The van der Waals surface area contributed by atoms with Gasteiger partial charge < -0.3 is 5.32 Å². The molecule has 0 aliphatic carbocycles. The van der Waals surface area contributed by atoms with Crippen molar-refractivity contribution in [3.05, 3.63) is 67.6 Å². The van der Waals surface area contributed by atoms with E-state index in [1.165, 1.54) is 0 Å². The SMILES string of the molecule is CNC(Cc1cccc(Cl)c1Cl)c1ccc(Cl)c(Cl)c1. The lowest BCUT2D eigenvalue weighted by Crippen LogP contribution is -2.19. The van der Waals surface area contributed by atoms with Crippen LogP contribution in [0.1, 0.15) is 17.2 Å². The summed E-state index contributed by atoms with van der Waals surface area (Å²) in [6.07, 6.45) is 0.716. The first-order valence-corrected chi connectivity index (χ1v) is 7.59. The van der Waals surface area contributed by atoms with Crippen LogP contribution < -0.4 is 5.32 Å². The van der Waals surface area contributed by atoms with Gasteiger partial charge in [0.25, 0.3) is 0 Å². The van der Waals surface area contributed by atoms with Crippen molar-refractivity contribution in [1.29, 1.82) is 0 Å². The Hall–Kier alpha value is -0.440. The molecule has 0 aromatic heterocycles. The summed E-state index contributed by atoms with van der Waals surface area (Å²) in [5, 5.41) is 5.50. The van der Waals surface area contributed by atoms with Crippen molar-refractivity contribution in [3.8, 4) is 0 Å². The third-order valence-electron chi connectivity index (χ3n) is 3.15. The number of rotatable bonds is 4. The van der Waals surface area contributed by atoms with Crippen molar-refractivity contribution < 1.29 is 0 Å². The van der Waals surface area contributed by atoms with E-state index in [-0.39, 0.29) is 6.04 Å². The van der Waals surface area contributed by atoms with Crippen LogP contribution in [0.15, 0.2) is 36.4 Å². The average Bonchev–Trinajstić information content (AvgIpc) is 2.44. The van der Waals surface area contributed by atoms with Gasteiger partial charge in [-0.3, -0.25) is 0 Å². The van der Waals surface area contributed by atoms with Gasteiger partial charge in [-0.05, 0) is 42.8 Å². The lowest BCUT2D eigenvalue weighted by atomic mass is 9.99. The molecule has 0 radical (unpaired) electrons. The standard InChI is InChI=1S/C15H13Cl4N/c1-20-14(9-5-6-11(16)13(18)7-9)8-10-3-2-4-12(17)15(10)19/h2-7,14,20H,8H2,1H3. The fourth-order valence-corrected chi connectivity index (χ4v) is 2.75. The van der Waals surface area contributed by atoms with Crippen LogP contribution in [0.3, 0.4) is 0 Å². The van der Waals surface area contributed by atoms with Crippen molar-refractivity contribution in [2.75, 3.05) is 7.05 Å². The second-order valence-corrected chi connectivity index (χ2v) is 6.03. The van der Waals surface area contributed by atoms with Gasteiger partial charge in [0.1, 0.15) is 0 Å². The molecular formula is C15H13Cl4N. The van der Waals surface area contributed by atoms with Gasteiger partial charge in [-0.2, -0.15) is 0 Å². The highest BCUT2D eigenvalue weighted by Gasteiger charge is 2.14. The molecule has 20 heavy (non-hydrogen) atoms. The van der Waals surface area contributed by atoms with Gasteiger partial charge in [-0.25, -0.2) is 0 Å². The maximum Gasteiger partial charge on any atom is 0.0624 e. The van der Waals surface area contributed by atoms with Crippen LogP contribution in [0.5, 0.6) is 0 Å². The minimum atomic E-state index is 0.0840. The van der Waals surface area contributed by atoms with Gasteiger partial charge in [0.15, 0.2) is 0 Å². The smallest absolute Gasteiger partial charge is 0.0624 e. The van der Waals surface area contributed by atoms with E-state index in [0.29, 0.717) is 26.5 Å². The Balaban J connectivity index is 2.28. The Morgan fingerprint density at radius 1 is 0.950 bits per heavy atom. The molecule has 5 heteroatoms. The van der Waals surface area contributed by atoms with Crippen molar-refractivity contribution in [1.82, 2.24) is 5.32 Å². The first-order chi connectivity index (χ1) is 9.52. The summed E-state index contributed by atoms with van der Waals surface area (Å²) < 4.78 is 0. The molecule has 0 bridgehead atoms. The summed E-state index contributed by atoms with van der Waals surface area (Å²) in [6.45, 7) is 0. The Bertz CT molecular complexity index is 613. The number of halogens is 4. The summed E-state index contributed by atoms with van der Waals surface area (Å²) in [4.78, 5) is 0. The minimum Gasteiger partial charge on any atom is -0.313 e. The Kier molecular flexibility index (Phi) is 5.59. The van der Waals surface area contributed by atoms with Crippen LogP contribution in [0, 0.1) is 0 Å². The molecule has 1 N–H and O–H groups in total. The second-order valence-electron chi connectivity index (χ2n) is 4.43. The minimum absolute atomic E-state index is 0.0840. The number of hydrogen-bond donors (Lipinski definition) is 1. The zero-order valence-corrected chi connectivity index (χ0v) is 13.8. The van der Waals surface area contributed by atoms with Crippen LogP contribution in [0.4, 0.5) is 0 Å². The van der Waals surface area contributed by atoms with E-state index in [1.54, 1.807) is 12.1 Å². The molecule has 2 aromatic rings. The molecule has 2 aromatic carbocycles. The van der Waals surface area contributed by atoms with Gasteiger partial charge in [0.05, 0.1) is 20.1 Å². The monoisotopic (exact) mass is 347 g/mol. The zero-order chi connectivity index (χ0) is 14.7. The molecule has 0 fully saturated rings. The molecule has 106 valence electrons. The van der Waals surface area contributed by atoms with Gasteiger partial charge in [-0.1, -0.05) is 64.6 Å². The van der Waals surface area contributed by atoms with Crippen molar-refractivity contribution in [2.24, 2.45) is 0 Å². The van der Waals surface area contributed by atoms with Gasteiger partial charge in [0, 0.05) is 6.04 Å². The fourth-order valence-electron chi connectivity index (χ4n) is 2.04. The predicted molar refractivity (Wildman–Crippen MR) is 88.4 cm³/mol. The number of likely N-dealkylation sites (N-methyl/N-ethyl adjacent to an activating group) is 1. The van der Waals surface area contributed by atoms with Gasteiger partial charge >= 0.3 is 0 Å². The number of nitrogens with one attached hydrogen (secondary N) is 1. The van der Waals surface area contributed by atoms with Gasteiger partial charge in [0.2, 0.25) is 0 Å². The molecule has 0 aliphatic heterocycles. The van der Waals surface area contributed by atoms with Crippen molar-refractivity contribution >= 4 is 46.4 Å². The average molecular weight is 349 g/mol. The highest BCUT2D eigenvalue weighted by molar-refractivity contribution is 6.42. The third kappa shape index (κ3) is 3.60.